The summed E-state index contributed by atoms with van der Waals surface area (Å²) in [5, 5.41) is 2.63. The largest absolute Gasteiger partial charge is 0.492 e. The van der Waals surface area contributed by atoms with Crippen LogP contribution >= 0.6 is 0 Å². The van der Waals surface area contributed by atoms with Gasteiger partial charge in [0.1, 0.15) is 12.4 Å². The van der Waals surface area contributed by atoms with Gasteiger partial charge in [-0.05, 0) is 42.0 Å². The monoisotopic (exact) mass is 347 g/mol. The van der Waals surface area contributed by atoms with Gasteiger partial charge in [0.05, 0.1) is 17.4 Å². The topological polar surface area (TPSA) is 61.4 Å². The van der Waals surface area contributed by atoms with Crippen LogP contribution in [0.1, 0.15) is 5.56 Å². The van der Waals surface area contributed by atoms with Crippen LogP contribution in [0.25, 0.3) is 21.7 Å². The zero-order valence-electron chi connectivity index (χ0n) is 14.3. The van der Waals surface area contributed by atoms with Gasteiger partial charge in [0.25, 0.3) is 0 Å². The fourth-order valence-corrected chi connectivity index (χ4v) is 3.06. The van der Waals surface area contributed by atoms with E-state index in [2.05, 4.69) is 0 Å². The molecular formula is C21H17NO4. The van der Waals surface area contributed by atoms with Crippen molar-refractivity contribution in [3.8, 4) is 5.75 Å². The molecule has 0 atom stereocenters. The molecular weight excluding hydrogens is 330 g/mol. The Bertz CT molecular complexity index is 1220. The van der Waals surface area contributed by atoms with Crippen LogP contribution in [0.3, 0.4) is 0 Å². The van der Waals surface area contributed by atoms with Crippen molar-refractivity contribution in [2.45, 2.75) is 13.5 Å². The summed E-state index contributed by atoms with van der Waals surface area (Å²) in [4.78, 5) is 24.0. The van der Waals surface area contributed by atoms with E-state index >= 15 is 0 Å². The van der Waals surface area contributed by atoms with Gasteiger partial charge in [0.2, 0.25) is 0 Å². The van der Waals surface area contributed by atoms with Crippen LogP contribution in [0.15, 0.2) is 74.7 Å². The van der Waals surface area contributed by atoms with Gasteiger partial charge < -0.3 is 9.15 Å². The number of ether oxygens (including phenoxy) is 1. The van der Waals surface area contributed by atoms with E-state index in [1.54, 1.807) is 12.1 Å². The van der Waals surface area contributed by atoms with Gasteiger partial charge in [0, 0.05) is 0 Å². The van der Waals surface area contributed by atoms with Crippen molar-refractivity contribution in [3.63, 3.8) is 0 Å². The van der Waals surface area contributed by atoms with Gasteiger partial charge in [-0.2, -0.15) is 0 Å². The van der Waals surface area contributed by atoms with Crippen LogP contribution < -0.4 is 16.1 Å². The molecule has 3 aromatic carbocycles. The SMILES string of the molecule is Cc1ccc2c(c1)c(=O)oc(=O)n2CCOc1ccc2ccccc2c1. The van der Waals surface area contributed by atoms with Gasteiger partial charge in [-0.25, -0.2) is 9.59 Å². The summed E-state index contributed by atoms with van der Waals surface area (Å²) in [6.07, 6.45) is 0. The second-order valence-corrected chi connectivity index (χ2v) is 6.19. The van der Waals surface area contributed by atoms with E-state index in [1.165, 1.54) is 4.57 Å². The molecule has 4 aromatic rings. The molecule has 0 bridgehead atoms. The average Bonchev–Trinajstić information content (AvgIpc) is 2.64. The number of hydrogen-bond acceptors (Lipinski definition) is 4. The second kappa shape index (κ2) is 6.52. The Morgan fingerprint density at radius 3 is 2.62 bits per heavy atom. The summed E-state index contributed by atoms with van der Waals surface area (Å²) < 4.78 is 12.1. The maximum absolute atomic E-state index is 12.1. The molecule has 130 valence electrons. The van der Waals surface area contributed by atoms with Gasteiger partial charge in [0.15, 0.2) is 0 Å². The van der Waals surface area contributed by atoms with Crippen molar-refractivity contribution in [2.75, 3.05) is 6.61 Å². The minimum Gasteiger partial charge on any atom is -0.492 e. The maximum atomic E-state index is 12.1. The molecule has 4 rings (SSSR count). The lowest BCUT2D eigenvalue weighted by atomic mass is 10.1. The van der Waals surface area contributed by atoms with Gasteiger partial charge in [-0.15, -0.1) is 0 Å². The van der Waals surface area contributed by atoms with Crippen LogP contribution in [0, 0.1) is 6.92 Å². The van der Waals surface area contributed by atoms with Crippen LogP contribution in [-0.2, 0) is 6.54 Å². The minimum atomic E-state index is -0.673. The lowest BCUT2D eigenvalue weighted by molar-refractivity contribution is 0.287. The van der Waals surface area contributed by atoms with E-state index in [9.17, 15) is 9.59 Å². The smallest absolute Gasteiger partial charge is 0.422 e. The number of aromatic nitrogens is 1. The molecule has 0 aliphatic heterocycles. The zero-order valence-corrected chi connectivity index (χ0v) is 14.3. The van der Waals surface area contributed by atoms with E-state index < -0.39 is 11.4 Å². The molecule has 5 heteroatoms. The molecule has 1 aromatic heterocycles. The lowest BCUT2D eigenvalue weighted by Gasteiger charge is -2.11. The highest BCUT2D eigenvalue weighted by molar-refractivity contribution is 5.83. The van der Waals surface area contributed by atoms with E-state index in [0.717, 1.165) is 22.1 Å². The summed E-state index contributed by atoms with van der Waals surface area (Å²) in [6.45, 7) is 2.46. The first-order chi connectivity index (χ1) is 12.6. The third kappa shape index (κ3) is 2.99. The molecule has 0 saturated carbocycles. The molecule has 0 radical (unpaired) electrons. The Balaban J connectivity index is 1.59. The minimum absolute atomic E-state index is 0.287. The summed E-state index contributed by atoms with van der Waals surface area (Å²) in [5.74, 6) is 0.0581. The van der Waals surface area contributed by atoms with E-state index in [-0.39, 0.29) is 13.2 Å². The predicted molar refractivity (Wildman–Crippen MR) is 101 cm³/mol. The van der Waals surface area contributed by atoms with Crippen molar-refractivity contribution >= 4 is 21.7 Å². The first-order valence-corrected chi connectivity index (χ1v) is 8.38. The Morgan fingerprint density at radius 2 is 1.77 bits per heavy atom. The molecule has 0 saturated heterocycles. The number of aryl methyl sites for hydroxylation is 1. The van der Waals surface area contributed by atoms with Crippen LogP contribution in [-0.4, -0.2) is 11.2 Å². The van der Waals surface area contributed by atoms with Crippen molar-refractivity contribution < 1.29 is 9.15 Å². The number of rotatable bonds is 4. The Labute approximate surface area is 149 Å². The molecule has 0 N–H and O–H groups in total. The quantitative estimate of drug-likeness (QED) is 0.567. The standard InChI is InChI=1S/C21H17NO4/c1-14-6-9-19-18(12-14)20(23)26-21(24)22(19)10-11-25-17-8-7-15-4-2-3-5-16(15)13-17/h2-9,12-13H,10-11H2,1H3. The zero-order chi connectivity index (χ0) is 18.1. The molecule has 0 amide bonds. The normalized spacial score (nSPS) is 11.1. The first kappa shape index (κ1) is 16.1. The third-order valence-corrected chi connectivity index (χ3v) is 4.37. The van der Waals surface area contributed by atoms with Gasteiger partial charge in [-0.1, -0.05) is 42.0 Å². The molecule has 5 nitrogen and oxygen atoms in total. The molecule has 0 unspecified atom stereocenters. The summed E-state index contributed by atoms with van der Waals surface area (Å²) in [7, 11) is 0. The van der Waals surface area contributed by atoms with Crippen LogP contribution in [0.4, 0.5) is 0 Å². The van der Waals surface area contributed by atoms with E-state index in [0.29, 0.717) is 10.9 Å². The lowest BCUT2D eigenvalue weighted by Crippen LogP contribution is -2.27. The predicted octanol–water partition coefficient (Wildman–Crippen LogP) is 3.50. The van der Waals surface area contributed by atoms with Crippen molar-refractivity contribution in [1.82, 2.24) is 4.57 Å². The van der Waals surface area contributed by atoms with Crippen LogP contribution in [0.2, 0.25) is 0 Å². The highest BCUT2D eigenvalue weighted by atomic mass is 16.5. The Morgan fingerprint density at radius 1 is 0.962 bits per heavy atom. The van der Waals surface area contributed by atoms with Crippen molar-refractivity contribution in [3.05, 3.63) is 87.2 Å². The fourth-order valence-electron chi connectivity index (χ4n) is 3.06. The number of hydrogen-bond donors (Lipinski definition) is 0. The molecule has 0 spiro atoms. The fraction of sp³-hybridized carbons (Fsp3) is 0.143. The first-order valence-electron chi connectivity index (χ1n) is 8.38. The van der Waals surface area contributed by atoms with Gasteiger partial charge >= 0.3 is 11.4 Å². The summed E-state index contributed by atoms with van der Waals surface area (Å²) in [6, 6.07) is 19.2. The molecule has 0 aliphatic carbocycles. The summed E-state index contributed by atoms with van der Waals surface area (Å²) in [5.41, 5.74) is 0.877. The van der Waals surface area contributed by atoms with E-state index in [1.807, 2.05) is 55.5 Å². The van der Waals surface area contributed by atoms with Crippen LogP contribution in [0.5, 0.6) is 5.75 Å². The second-order valence-electron chi connectivity index (χ2n) is 6.19. The number of nitrogens with zero attached hydrogens (tertiary/aromatic N) is 1. The number of benzene rings is 3. The third-order valence-electron chi connectivity index (χ3n) is 4.37. The van der Waals surface area contributed by atoms with Crippen molar-refractivity contribution in [1.29, 1.82) is 0 Å². The van der Waals surface area contributed by atoms with Gasteiger partial charge in [-0.3, -0.25) is 4.57 Å². The van der Waals surface area contributed by atoms with E-state index in [4.69, 9.17) is 9.15 Å². The molecule has 0 aliphatic rings. The maximum Gasteiger partial charge on any atom is 0.422 e. The highest BCUT2D eigenvalue weighted by Gasteiger charge is 2.09. The molecule has 0 fully saturated rings. The summed E-state index contributed by atoms with van der Waals surface area (Å²) >= 11 is 0. The Kier molecular flexibility index (Phi) is 4.05. The number of fused-ring (bicyclic) bond motifs is 2. The highest BCUT2D eigenvalue weighted by Crippen LogP contribution is 2.20. The molecule has 26 heavy (non-hydrogen) atoms. The Hall–Kier alpha value is -3.34. The average molecular weight is 347 g/mol. The molecule has 1 heterocycles. The van der Waals surface area contributed by atoms with Crippen molar-refractivity contribution in [2.24, 2.45) is 0 Å².